The molecule has 0 unspecified atom stereocenters. The van der Waals surface area contributed by atoms with Crippen LogP contribution < -0.4 is 16.0 Å². The van der Waals surface area contributed by atoms with Gasteiger partial charge < -0.3 is 20.7 Å². The summed E-state index contributed by atoms with van der Waals surface area (Å²) in [5, 5.41) is 22.8. The van der Waals surface area contributed by atoms with Crippen LogP contribution in [-0.4, -0.2) is 43.5 Å². The first-order valence-electron chi connectivity index (χ1n) is 12.0. The van der Waals surface area contributed by atoms with Crippen LogP contribution in [0.1, 0.15) is 53.5 Å². The lowest BCUT2D eigenvalue weighted by atomic mass is 9.98. The number of nitrogens with one attached hydrogen (secondary N) is 3. The van der Waals surface area contributed by atoms with Crippen molar-refractivity contribution in [3.8, 4) is 11.8 Å². The van der Waals surface area contributed by atoms with Gasteiger partial charge in [-0.3, -0.25) is 4.98 Å². The van der Waals surface area contributed by atoms with Crippen LogP contribution in [0.5, 0.6) is 0 Å². The fourth-order valence-corrected chi connectivity index (χ4v) is 3.62. The number of anilines is 3. The van der Waals surface area contributed by atoms with Gasteiger partial charge in [0.15, 0.2) is 17.5 Å². The summed E-state index contributed by atoms with van der Waals surface area (Å²) in [5.74, 6) is -0.303. The summed E-state index contributed by atoms with van der Waals surface area (Å²) in [5.41, 5.74) is 0.643. The van der Waals surface area contributed by atoms with E-state index in [-0.39, 0.29) is 29.2 Å². The normalized spacial score (nSPS) is 12.9. The van der Waals surface area contributed by atoms with Crippen molar-refractivity contribution in [2.24, 2.45) is 5.92 Å². The van der Waals surface area contributed by atoms with Gasteiger partial charge in [-0.2, -0.15) is 10.4 Å². The maximum Gasteiger partial charge on any atom is 0.407 e. The topological polar surface area (TPSA) is 130 Å². The van der Waals surface area contributed by atoms with Gasteiger partial charge >= 0.3 is 6.09 Å². The van der Waals surface area contributed by atoms with Crippen molar-refractivity contribution >= 4 is 23.4 Å². The van der Waals surface area contributed by atoms with Crippen LogP contribution >= 0.6 is 0 Å². The number of hydrogen-bond acceptors (Lipinski definition) is 8. The molecule has 0 saturated carbocycles. The minimum atomic E-state index is -0.677. The van der Waals surface area contributed by atoms with Gasteiger partial charge in [-0.05, 0) is 58.2 Å². The first-order chi connectivity index (χ1) is 17.4. The van der Waals surface area contributed by atoms with Crippen molar-refractivity contribution in [3.05, 3.63) is 54.4 Å². The van der Waals surface area contributed by atoms with E-state index in [0.29, 0.717) is 17.8 Å². The van der Waals surface area contributed by atoms with Crippen LogP contribution in [0.25, 0.3) is 5.69 Å². The van der Waals surface area contributed by atoms with Gasteiger partial charge in [-0.1, -0.05) is 13.8 Å². The zero-order valence-corrected chi connectivity index (χ0v) is 21.9. The maximum absolute atomic E-state index is 15.0. The van der Waals surface area contributed by atoms with Crippen LogP contribution in [0.4, 0.5) is 26.5 Å². The summed E-state index contributed by atoms with van der Waals surface area (Å²) >= 11 is 0. The zero-order chi connectivity index (χ0) is 27.2. The molecule has 0 aliphatic heterocycles. The molecule has 3 N–H and O–H groups in total. The quantitative estimate of drug-likeness (QED) is 0.362. The third-order valence-corrected chi connectivity index (χ3v) is 5.25. The van der Waals surface area contributed by atoms with Crippen LogP contribution in [0, 0.1) is 23.1 Å². The molecule has 0 bridgehead atoms. The number of nitriles is 1. The highest BCUT2D eigenvalue weighted by atomic mass is 19.1. The maximum atomic E-state index is 15.0. The lowest BCUT2D eigenvalue weighted by molar-refractivity contribution is 0.0501. The number of ether oxygens (including phenoxy) is 1. The minimum absolute atomic E-state index is 0.0351. The standard InChI is InChI=1S/C26H33FN8O2/c1-16(2)10-22(17(3)31-25(36)37-26(4,5)6)33-24-21(27)11-18(13-28)23(34-24)32-19-12-20(15-29-14-19)35-9-7-8-30-35/h7-9,11-12,14-17,22H,10H2,1-6H3,(H,31,36)(H2,32,33,34)/t17-,22+/m0/s1. The van der Waals surface area contributed by atoms with Gasteiger partial charge in [0.2, 0.25) is 0 Å². The number of pyridine rings is 2. The van der Waals surface area contributed by atoms with Gasteiger partial charge in [0, 0.05) is 24.5 Å². The molecule has 1 amide bonds. The summed E-state index contributed by atoms with van der Waals surface area (Å²) in [4.78, 5) is 20.9. The number of nitrogens with zero attached hydrogens (tertiary/aromatic N) is 5. The Morgan fingerprint density at radius 2 is 1.97 bits per heavy atom. The Labute approximate surface area is 216 Å². The van der Waals surface area contributed by atoms with E-state index in [4.69, 9.17) is 4.74 Å². The highest BCUT2D eigenvalue weighted by molar-refractivity contribution is 5.68. The molecule has 3 aromatic heterocycles. The molecule has 3 rings (SSSR count). The molecular formula is C26H33FN8O2. The highest BCUT2D eigenvalue weighted by Gasteiger charge is 2.25. The summed E-state index contributed by atoms with van der Waals surface area (Å²) in [7, 11) is 0. The van der Waals surface area contributed by atoms with Crippen LogP contribution in [0.2, 0.25) is 0 Å². The van der Waals surface area contributed by atoms with Crippen molar-refractivity contribution in [1.82, 2.24) is 25.1 Å². The van der Waals surface area contributed by atoms with Crippen LogP contribution in [0.3, 0.4) is 0 Å². The van der Waals surface area contributed by atoms with Gasteiger partial charge in [0.1, 0.15) is 11.7 Å². The molecule has 0 aliphatic rings. The molecule has 0 spiro atoms. The molecule has 0 aliphatic carbocycles. The van der Waals surface area contributed by atoms with Crippen molar-refractivity contribution in [1.29, 1.82) is 5.26 Å². The second-order valence-corrected chi connectivity index (χ2v) is 10.1. The monoisotopic (exact) mass is 508 g/mol. The lowest BCUT2D eigenvalue weighted by Crippen LogP contribution is -2.47. The Morgan fingerprint density at radius 3 is 2.59 bits per heavy atom. The minimum Gasteiger partial charge on any atom is -0.444 e. The highest BCUT2D eigenvalue weighted by Crippen LogP contribution is 2.26. The van der Waals surface area contributed by atoms with Gasteiger partial charge in [-0.15, -0.1) is 0 Å². The molecule has 3 aromatic rings. The Hall–Kier alpha value is -4.20. The van der Waals surface area contributed by atoms with Crippen molar-refractivity contribution < 1.29 is 13.9 Å². The SMILES string of the molecule is CC(C)C[C@@H](Nc1nc(Nc2cncc(-n3cccn3)c2)c(C#N)cc1F)[C@H](C)NC(=O)OC(C)(C)C. The Bertz CT molecular complexity index is 1250. The number of carbonyl (C=O) groups is 1. The van der Waals surface area contributed by atoms with Crippen molar-refractivity contribution in [2.75, 3.05) is 10.6 Å². The third-order valence-electron chi connectivity index (χ3n) is 5.25. The molecule has 0 radical (unpaired) electrons. The zero-order valence-electron chi connectivity index (χ0n) is 21.9. The lowest BCUT2D eigenvalue weighted by Gasteiger charge is -2.29. The van der Waals surface area contributed by atoms with E-state index < -0.39 is 23.6 Å². The summed E-state index contributed by atoms with van der Waals surface area (Å²) in [6.07, 6.45) is 6.71. The Kier molecular flexibility index (Phi) is 8.65. The molecule has 37 heavy (non-hydrogen) atoms. The molecule has 0 fully saturated rings. The molecular weight excluding hydrogens is 475 g/mol. The number of alkyl carbamates (subject to hydrolysis) is 1. The number of hydrogen-bond donors (Lipinski definition) is 3. The van der Waals surface area contributed by atoms with E-state index in [2.05, 4.69) is 31.0 Å². The first-order valence-corrected chi connectivity index (χ1v) is 12.0. The largest absolute Gasteiger partial charge is 0.444 e. The number of halogens is 1. The fraction of sp³-hybridized carbons (Fsp3) is 0.423. The van der Waals surface area contributed by atoms with E-state index >= 15 is 4.39 Å². The van der Waals surface area contributed by atoms with E-state index in [1.807, 2.05) is 26.8 Å². The second kappa shape index (κ2) is 11.7. The van der Waals surface area contributed by atoms with E-state index in [1.165, 1.54) is 0 Å². The molecule has 3 heterocycles. The molecule has 196 valence electrons. The Morgan fingerprint density at radius 1 is 1.22 bits per heavy atom. The average molecular weight is 509 g/mol. The van der Waals surface area contributed by atoms with E-state index in [0.717, 1.165) is 6.07 Å². The van der Waals surface area contributed by atoms with Crippen LogP contribution in [0.15, 0.2) is 43.0 Å². The van der Waals surface area contributed by atoms with Crippen molar-refractivity contribution in [3.63, 3.8) is 0 Å². The number of aromatic nitrogens is 4. The van der Waals surface area contributed by atoms with E-state index in [9.17, 15) is 10.1 Å². The predicted molar refractivity (Wildman–Crippen MR) is 139 cm³/mol. The molecule has 0 aromatic carbocycles. The first kappa shape index (κ1) is 27.4. The van der Waals surface area contributed by atoms with Gasteiger partial charge in [0.25, 0.3) is 0 Å². The molecule has 0 saturated heterocycles. The average Bonchev–Trinajstić information content (AvgIpc) is 3.34. The second-order valence-electron chi connectivity index (χ2n) is 10.1. The smallest absolute Gasteiger partial charge is 0.407 e. The Balaban J connectivity index is 1.85. The fourth-order valence-electron chi connectivity index (χ4n) is 3.62. The molecule has 2 atom stereocenters. The summed E-state index contributed by atoms with van der Waals surface area (Å²) < 4.78 is 22.0. The summed E-state index contributed by atoms with van der Waals surface area (Å²) in [6.45, 7) is 11.2. The molecule has 11 heteroatoms. The number of rotatable bonds is 9. The number of carbonyl (C=O) groups excluding carboxylic acids is 1. The number of amides is 1. The third kappa shape index (κ3) is 7.90. The van der Waals surface area contributed by atoms with Crippen LogP contribution in [-0.2, 0) is 4.74 Å². The van der Waals surface area contributed by atoms with Crippen molar-refractivity contribution in [2.45, 2.75) is 65.6 Å². The van der Waals surface area contributed by atoms with Gasteiger partial charge in [0.05, 0.1) is 29.3 Å². The summed E-state index contributed by atoms with van der Waals surface area (Å²) in [6, 6.07) is 5.92. The predicted octanol–water partition coefficient (Wildman–Crippen LogP) is 5.16. The van der Waals surface area contributed by atoms with E-state index in [1.54, 1.807) is 62.4 Å². The molecule has 10 nitrogen and oxygen atoms in total. The van der Waals surface area contributed by atoms with Gasteiger partial charge in [-0.25, -0.2) is 18.9 Å².